The van der Waals surface area contributed by atoms with E-state index in [1.807, 2.05) is 0 Å². The quantitative estimate of drug-likeness (QED) is 0.810. The van der Waals surface area contributed by atoms with E-state index in [9.17, 15) is 26.4 Å². The lowest BCUT2D eigenvalue weighted by Gasteiger charge is -2.24. The summed E-state index contributed by atoms with van der Waals surface area (Å²) in [6.07, 6.45) is -4.44. The highest BCUT2D eigenvalue weighted by atomic mass is 32.2. The fourth-order valence-electron chi connectivity index (χ4n) is 0.963. The van der Waals surface area contributed by atoms with Crippen molar-refractivity contribution in [3.63, 3.8) is 0 Å². The van der Waals surface area contributed by atoms with Gasteiger partial charge in [0, 0.05) is 0 Å². The van der Waals surface area contributed by atoms with E-state index in [1.54, 1.807) is 4.72 Å². The lowest BCUT2D eigenvalue weighted by Crippen LogP contribution is -2.49. The second-order valence-electron chi connectivity index (χ2n) is 4.27. The predicted molar refractivity (Wildman–Crippen MR) is 60.3 cm³/mol. The van der Waals surface area contributed by atoms with Gasteiger partial charge < -0.3 is 0 Å². The number of carbonyl (C=O) groups is 1. The van der Waals surface area contributed by atoms with Gasteiger partial charge in [0.05, 0.1) is 17.8 Å². The van der Waals surface area contributed by atoms with E-state index in [2.05, 4.69) is 0 Å². The number of amides is 1. The lowest BCUT2D eigenvalue weighted by atomic mass is 10.3. The second-order valence-corrected chi connectivity index (χ2v) is 6.50. The standard InChI is InChI=1S/C9H17F3N2O3S/c1-6(2)18(16,17)13-8(15)7(3)14(4)5-9(10,11)12/h6-7H,5H2,1-4H3,(H,13,15). The summed E-state index contributed by atoms with van der Waals surface area (Å²) in [7, 11) is -2.73. The van der Waals surface area contributed by atoms with Crippen LogP contribution in [0.5, 0.6) is 0 Å². The van der Waals surface area contributed by atoms with Gasteiger partial charge in [-0.1, -0.05) is 0 Å². The van der Waals surface area contributed by atoms with Crippen LogP contribution in [0.15, 0.2) is 0 Å². The minimum atomic E-state index is -4.44. The Kier molecular flexibility index (Phi) is 5.60. The molecule has 0 aromatic carbocycles. The van der Waals surface area contributed by atoms with Crippen molar-refractivity contribution in [3.8, 4) is 0 Å². The summed E-state index contributed by atoms with van der Waals surface area (Å²) < 4.78 is 60.8. The third-order valence-electron chi connectivity index (χ3n) is 2.33. The normalized spacial score (nSPS) is 14.9. The first-order valence-electron chi connectivity index (χ1n) is 5.19. The Morgan fingerprint density at radius 3 is 2.06 bits per heavy atom. The molecule has 0 saturated heterocycles. The molecule has 1 unspecified atom stereocenters. The SMILES string of the molecule is CC(C(=O)NS(=O)(=O)C(C)C)N(C)CC(F)(F)F. The molecule has 0 fully saturated rings. The van der Waals surface area contributed by atoms with E-state index in [-0.39, 0.29) is 0 Å². The highest BCUT2D eigenvalue weighted by molar-refractivity contribution is 7.90. The van der Waals surface area contributed by atoms with Gasteiger partial charge >= 0.3 is 6.18 Å². The average molecular weight is 290 g/mol. The molecule has 0 rings (SSSR count). The van der Waals surface area contributed by atoms with Crippen molar-refractivity contribution in [1.29, 1.82) is 0 Å². The molecule has 0 aliphatic carbocycles. The number of hydrogen-bond donors (Lipinski definition) is 1. The predicted octanol–water partition coefficient (Wildman–Crippen LogP) is 0.723. The summed E-state index contributed by atoms with van der Waals surface area (Å²) >= 11 is 0. The molecule has 0 aliphatic heterocycles. The number of nitrogens with zero attached hydrogens (tertiary/aromatic N) is 1. The van der Waals surface area contributed by atoms with Gasteiger partial charge in [-0.05, 0) is 27.8 Å². The van der Waals surface area contributed by atoms with Crippen LogP contribution in [0.1, 0.15) is 20.8 Å². The van der Waals surface area contributed by atoms with E-state index in [0.717, 1.165) is 11.9 Å². The minimum absolute atomic E-state index is 0.727. The number of sulfonamides is 1. The van der Waals surface area contributed by atoms with Crippen molar-refractivity contribution in [2.45, 2.75) is 38.2 Å². The Labute approximate surface area is 104 Å². The summed E-state index contributed by atoms with van der Waals surface area (Å²) in [6, 6.07) is -1.19. The molecule has 108 valence electrons. The highest BCUT2D eigenvalue weighted by Gasteiger charge is 2.33. The molecule has 0 radical (unpaired) electrons. The maximum atomic E-state index is 12.1. The van der Waals surface area contributed by atoms with Gasteiger partial charge in [-0.15, -0.1) is 0 Å². The first-order chi connectivity index (χ1) is 7.87. The Morgan fingerprint density at radius 1 is 1.28 bits per heavy atom. The van der Waals surface area contributed by atoms with Crippen molar-refractivity contribution in [2.75, 3.05) is 13.6 Å². The van der Waals surface area contributed by atoms with Gasteiger partial charge in [0.15, 0.2) is 0 Å². The smallest absolute Gasteiger partial charge is 0.287 e. The third kappa shape index (κ3) is 5.67. The van der Waals surface area contributed by atoms with Crippen LogP contribution in [-0.4, -0.2) is 50.3 Å². The van der Waals surface area contributed by atoms with Gasteiger partial charge in [0.25, 0.3) is 0 Å². The van der Waals surface area contributed by atoms with Crippen LogP contribution in [-0.2, 0) is 14.8 Å². The summed E-state index contributed by atoms with van der Waals surface area (Å²) in [5.41, 5.74) is 0. The van der Waals surface area contributed by atoms with E-state index in [0.29, 0.717) is 0 Å². The first kappa shape index (κ1) is 17.2. The molecule has 0 aromatic rings. The highest BCUT2D eigenvalue weighted by Crippen LogP contribution is 2.16. The molecule has 18 heavy (non-hydrogen) atoms. The fraction of sp³-hybridized carbons (Fsp3) is 0.889. The van der Waals surface area contributed by atoms with Crippen molar-refractivity contribution in [3.05, 3.63) is 0 Å². The van der Waals surface area contributed by atoms with Crippen molar-refractivity contribution in [1.82, 2.24) is 9.62 Å². The van der Waals surface area contributed by atoms with E-state index in [4.69, 9.17) is 0 Å². The van der Waals surface area contributed by atoms with Crippen LogP contribution in [0, 0.1) is 0 Å². The molecule has 0 spiro atoms. The topological polar surface area (TPSA) is 66.5 Å². The Balaban J connectivity index is 4.63. The summed E-state index contributed by atoms with van der Waals surface area (Å²) in [5, 5.41) is -0.832. The van der Waals surface area contributed by atoms with Gasteiger partial charge in [-0.2, -0.15) is 13.2 Å². The Bertz CT molecular complexity index is 392. The fourth-order valence-corrected chi connectivity index (χ4v) is 1.65. The van der Waals surface area contributed by atoms with Crippen molar-refractivity contribution >= 4 is 15.9 Å². The van der Waals surface area contributed by atoms with Crippen LogP contribution >= 0.6 is 0 Å². The molecule has 0 aromatic heterocycles. The van der Waals surface area contributed by atoms with Crippen molar-refractivity contribution < 1.29 is 26.4 Å². The van der Waals surface area contributed by atoms with Gasteiger partial charge in [0.1, 0.15) is 0 Å². The molecule has 1 amide bonds. The summed E-state index contributed by atoms with van der Waals surface area (Å²) in [4.78, 5) is 12.2. The minimum Gasteiger partial charge on any atom is -0.287 e. The Morgan fingerprint density at radius 2 is 1.72 bits per heavy atom. The monoisotopic (exact) mass is 290 g/mol. The third-order valence-corrected chi connectivity index (χ3v) is 4.06. The summed E-state index contributed by atoms with van der Waals surface area (Å²) in [6.45, 7) is 2.64. The number of likely N-dealkylation sites (N-methyl/N-ethyl adjacent to an activating group) is 1. The molecule has 9 heteroatoms. The lowest BCUT2D eigenvalue weighted by molar-refractivity contribution is -0.150. The van der Waals surface area contributed by atoms with E-state index in [1.165, 1.54) is 20.8 Å². The number of carbonyl (C=O) groups excluding carboxylic acids is 1. The van der Waals surface area contributed by atoms with Gasteiger partial charge in [-0.3, -0.25) is 14.4 Å². The molecule has 0 bridgehead atoms. The maximum Gasteiger partial charge on any atom is 0.401 e. The van der Waals surface area contributed by atoms with Crippen LogP contribution in [0.4, 0.5) is 13.2 Å². The molecule has 0 aliphatic rings. The molecular formula is C9H17F3N2O3S. The first-order valence-corrected chi connectivity index (χ1v) is 6.74. The Hall–Kier alpha value is -0.830. The van der Waals surface area contributed by atoms with E-state index >= 15 is 0 Å². The zero-order chi connectivity index (χ0) is 14.7. The molecule has 1 atom stereocenters. The van der Waals surface area contributed by atoms with Crippen LogP contribution < -0.4 is 4.72 Å². The molecular weight excluding hydrogens is 273 g/mol. The zero-order valence-electron chi connectivity index (χ0n) is 10.6. The average Bonchev–Trinajstić information content (AvgIpc) is 2.12. The summed E-state index contributed by atoms with van der Waals surface area (Å²) in [5.74, 6) is -0.976. The number of nitrogens with one attached hydrogen (secondary N) is 1. The zero-order valence-corrected chi connectivity index (χ0v) is 11.4. The van der Waals surface area contributed by atoms with Crippen molar-refractivity contribution in [2.24, 2.45) is 0 Å². The number of hydrogen-bond acceptors (Lipinski definition) is 4. The van der Waals surface area contributed by atoms with Gasteiger partial charge in [0.2, 0.25) is 15.9 Å². The van der Waals surface area contributed by atoms with Crippen LogP contribution in [0.3, 0.4) is 0 Å². The molecule has 5 nitrogen and oxygen atoms in total. The number of halogens is 3. The molecule has 0 saturated carbocycles. The maximum absolute atomic E-state index is 12.1. The largest absolute Gasteiger partial charge is 0.401 e. The molecule has 1 N–H and O–H groups in total. The van der Waals surface area contributed by atoms with Gasteiger partial charge in [-0.25, -0.2) is 8.42 Å². The number of rotatable bonds is 5. The van der Waals surface area contributed by atoms with Crippen LogP contribution in [0.25, 0.3) is 0 Å². The second kappa shape index (κ2) is 5.87. The molecule has 0 heterocycles. The van der Waals surface area contributed by atoms with E-state index < -0.39 is 39.9 Å². The van der Waals surface area contributed by atoms with Crippen LogP contribution in [0.2, 0.25) is 0 Å². The number of alkyl halides is 3.